The van der Waals surface area contributed by atoms with Gasteiger partial charge in [-0.1, -0.05) is 11.8 Å². The second kappa shape index (κ2) is 7.24. The quantitative estimate of drug-likeness (QED) is 0.677. The molecule has 120 valence electrons. The zero-order valence-corrected chi connectivity index (χ0v) is 15.1. The topological polar surface area (TPSA) is 72.7 Å². The Morgan fingerprint density at radius 1 is 1.39 bits per heavy atom. The van der Waals surface area contributed by atoms with Gasteiger partial charge in [-0.25, -0.2) is 4.98 Å². The van der Waals surface area contributed by atoms with E-state index < -0.39 is 0 Å². The molecule has 0 saturated carbocycles. The van der Waals surface area contributed by atoms with Crippen molar-refractivity contribution in [3.05, 3.63) is 27.9 Å². The number of nitrogens with zero attached hydrogens (tertiary/aromatic N) is 4. The molecule has 0 aliphatic rings. The van der Waals surface area contributed by atoms with Gasteiger partial charge in [-0.05, 0) is 19.9 Å². The second-order valence-corrected chi connectivity index (χ2v) is 7.62. The number of thiazole rings is 1. The molecule has 1 amide bonds. The summed E-state index contributed by atoms with van der Waals surface area (Å²) in [7, 11) is 0. The summed E-state index contributed by atoms with van der Waals surface area (Å²) in [5.74, 6) is 1.03. The van der Waals surface area contributed by atoms with E-state index in [9.17, 15) is 4.79 Å². The number of amides is 1. The summed E-state index contributed by atoms with van der Waals surface area (Å²) in [6.07, 6.45) is 1.66. The minimum absolute atomic E-state index is 0.0940. The summed E-state index contributed by atoms with van der Waals surface area (Å²) in [5, 5.41) is 16.5. The van der Waals surface area contributed by atoms with Crippen LogP contribution in [0, 0.1) is 6.92 Å². The summed E-state index contributed by atoms with van der Waals surface area (Å²) in [6.45, 7) is 4.87. The van der Waals surface area contributed by atoms with Gasteiger partial charge in [-0.3, -0.25) is 4.79 Å². The van der Waals surface area contributed by atoms with Crippen molar-refractivity contribution in [2.24, 2.45) is 0 Å². The Labute approximate surface area is 146 Å². The van der Waals surface area contributed by atoms with Crippen LogP contribution in [0.5, 0.6) is 0 Å². The van der Waals surface area contributed by atoms with E-state index in [1.54, 1.807) is 17.5 Å². The first-order chi connectivity index (χ1) is 11.2. The van der Waals surface area contributed by atoms with E-state index in [1.165, 1.54) is 28.0 Å². The van der Waals surface area contributed by atoms with Crippen molar-refractivity contribution in [3.8, 4) is 11.4 Å². The van der Waals surface area contributed by atoms with Gasteiger partial charge in [0, 0.05) is 33.9 Å². The van der Waals surface area contributed by atoms with Crippen LogP contribution in [0.2, 0.25) is 0 Å². The fraction of sp³-hybridized carbons (Fsp3) is 0.286. The maximum Gasteiger partial charge on any atom is 0.236 e. The molecule has 6 nitrogen and oxygen atoms in total. The maximum absolute atomic E-state index is 11.9. The van der Waals surface area contributed by atoms with Gasteiger partial charge in [0.1, 0.15) is 0 Å². The smallest absolute Gasteiger partial charge is 0.236 e. The predicted molar refractivity (Wildman–Crippen MR) is 95.2 cm³/mol. The van der Waals surface area contributed by atoms with Crippen molar-refractivity contribution < 1.29 is 4.79 Å². The van der Waals surface area contributed by atoms with Gasteiger partial charge in [0.2, 0.25) is 5.91 Å². The standard InChI is InChI=1S/C14H15N5OS3/c1-3-19-12(10-6-9(2)22-7-10)17-18-14(19)23-8-11(20)16-13-15-4-5-21-13/h4-7H,3,8H2,1-2H3,(H,15,16,20). The summed E-state index contributed by atoms with van der Waals surface area (Å²) >= 11 is 4.47. The van der Waals surface area contributed by atoms with Crippen LogP contribution in [0.3, 0.4) is 0 Å². The fourth-order valence-electron chi connectivity index (χ4n) is 2.03. The molecule has 0 aliphatic carbocycles. The molecular weight excluding hydrogens is 350 g/mol. The molecule has 0 saturated heterocycles. The highest BCUT2D eigenvalue weighted by Gasteiger charge is 2.15. The van der Waals surface area contributed by atoms with Gasteiger partial charge in [0.15, 0.2) is 16.1 Å². The SMILES string of the molecule is CCn1c(SCC(=O)Nc2nccs2)nnc1-c1csc(C)c1. The van der Waals surface area contributed by atoms with E-state index in [2.05, 4.69) is 38.9 Å². The first-order valence-electron chi connectivity index (χ1n) is 6.98. The highest BCUT2D eigenvalue weighted by Crippen LogP contribution is 2.27. The number of carbonyl (C=O) groups excluding carboxylic acids is 1. The number of aromatic nitrogens is 4. The lowest BCUT2D eigenvalue weighted by Gasteiger charge is -2.06. The monoisotopic (exact) mass is 365 g/mol. The van der Waals surface area contributed by atoms with E-state index in [0.717, 1.165) is 23.1 Å². The average molecular weight is 366 g/mol. The molecule has 0 aromatic carbocycles. The number of hydrogen-bond donors (Lipinski definition) is 1. The molecule has 3 aromatic heterocycles. The molecule has 3 aromatic rings. The number of thioether (sulfide) groups is 1. The summed E-state index contributed by atoms with van der Waals surface area (Å²) in [4.78, 5) is 17.2. The van der Waals surface area contributed by atoms with Crippen molar-refractivity contribution in [1.29, 1.82) is 0 Å². The first-order valence-corrected chi connectivity index (χ1v) is 9.72. The molecular formula is C14H15N5OS3. The fourth-order valence-corrected chi connectivity index (χ4v) is 4.05. The molecule has 0 fully saturated rings. The predicted octanol–water partition coefficient (Wildman–Crippen LogP) is 3.52. The van der Waals surface area contributed by atoms with Gasteiger partial charge < -0.3 is 9.88 Å². The van der Waals surface area contributed by atoms with Crippen LogP contribution in [0.15, 0.2) is 28.2 Å². The van der Waals surface area contributed by atoms with Gasteiger partial charge >= 0.3 is 0 Å². The minimum atomic E-state index is -0.0940. The summed E-state index contributed by atoms with van der Waals surface area (Å²) in [6, 6.07) is 2.10. The van der Waals surface area contributed by atoms with E-state index in [0.29, 0.717) is 5.13 Å². The van der Waals surface area contributed by atoms with Crippen molar-refractivity contribution in [2.45, 2.75) is 25.5 Å². The van der Waals surface area contributed by atoms with Crippen LogP contribution in [-0.2, 0) is 11.3 Å². The normalized spacial score (nSPS) is 10.9. The second-order valence-electron chi connectivity index (χ2n) is 4.67. The summed E-state index contributed by atoms with van der Waals surface area (Å²) < 4.78 is 2.03. The molecule has 23 heavy (non-hydrogen) atoms. The molecule has 3 rings (SSSR count). The molecule has 0 unspecified atom stereocenters. The third-order valence-electron chi connectivity index (χ3n) is 3.03. The Bertz CT molecular complexity index is 793. The van der Waals surface area contributed by atoms with Crippen molar-refractivity contribution in [3.63, 3.8) is 0 Å². The number of rotatable bonds is 6. The van der Waals surface area contributed by atoms with Gasteiger partial charge in [0.05, 0.1) is 5.75 Å². The summed E-state index contributed by atoms with van der Waals surface area (Å²) in [5.41, 5.74) is 1.07. The lowest BCUT2D eigenvalue weighted by molar-refractivity contribution is -0.113. The number of anilines is 1. The molecule has 3 heterocycles. The largest absolute Gasteiger partial charge is 0.302 e. The van der Waals surface area contributed by atoms with Crippen LogP contribution in [-0.4, -0.2) is 31.4 Å². The number of carbonyl (C=O) groups is 1. The zero-order valence-electron chi connectivity index (χ0n) is 12.6. The van der Waals surface area contributed by atoms with Crippen LogP contribution >= 0.6 is 34.4 Å². The van der Waals surface area contributed by atoms with Crippen LogP contribution in [0.4, 0.5) is 5.13 Å². The van der Waals surface area contributed by atoms with E-state index in [4.69, 9.17) is 0 Å². The minimum Gasteiger partial charge on any atom is -0.302 e. The van der Waals surface area contributed by atoms with Crippen LogP contribution in [0.25, 0.3) is 11.4 Å². The molecule has 0 aliphatic heterocycles. The molecule has 9 heteroatoms. The first kappa shape index (κ1) is 16.2. The Hall–Kier alpha value is -1.71. The van der Waals surface area contributed by atoms with Crippen molar-refractivity contribution >= 4 is 45.5 Å². The number of thiophene rings is 1. The number of hydrogen-bond acceptors (Lipinski definition) is 7. The van der Waals surface area contributed by atoms with E-state index in [1.807, 2.05) is 16.9 Å². The van der Waals surface area contributed by atoms with Crippen molar-refractivity contribution in [1.82, 2.24) is 19.7 Å². The molecule has 0 spiro atoms. The van der Waals surface area contributed by atoms with Gasteiger partial charge in [-0.2, -0.15) is 0 Å². The zero-order chi connectivity index (χ0) is 16.2. The van der Waals surface area contributed by atoms with E-state index in [-0.39, 0.29) is 11.7 Å². The van der Waals surface area contributed by atoms with Crippen LogP contribution in [0.1, 0.15) is 11.8 Å². The number of aryl methyl sites for hydroxylation is 1. The van der Waals surface area contributed by atoms with Crippen LogP contribution < -0.4 is 5.32 Å². The van der Waals surface area contributed by atoms with Gasteiger partial charge in [0.25, 0.3) is 0 Å². The molecule has 0 bridgehead atoms. The highest BCUT2D eigenvalue weighted by molar-refractivity contribution is 7.99. The molecule has 1 N–H and O–H groups in total. The third kappa shape index (κ3) is 3.80. The Kier molecular flexibility index (Phi) is 5.09. The average Bonchev–Trinajstić information content (AvgIpc) is 3.25. The molecule has 0 atom stereocenters. The number of nitrogens with one attached hydrogen (secondary N) is 1. The highest BCUT2D eigenvalue weighted by atomic mass is 32.2. The van der Waals surface area contributed by atoms with Crippen molar-refractivity contribution in [2.75, 3.05) is 11.1 Å². The lowest BCUT2D eigenvalue weighted by atomic mass is 10.3. The Morgan fingerprint density at radius 3 is 2.91 bits per heavy atom. The molecule has 0 radical (unpaired) electrons. The Morgan fingerprint density at radius 2 is 2.26 bits per heavy atom. The van der Waals surface area contributed by atoms with E-state index >= 15 is 0 Å². The lowest BCUT2D eigenvalue weighted by Crippen LogP contribution is -2.14. The van der Waals surface area contributed by atoms with Gasteiger partial charge in [-0.15, -0.1) is 32.9 Å². The Balaban J connectivity index is 1.68. The third-order valence-corrected chi connectivity index (χ3v) is 5.55. The maximum atomic E-state index is 11.9.